The Morgan fingerprint density at radius 1 is 1.19 bits per heavy atom. The molecule has 0 radical (unpaired) electrons. The first-order chi connectivity index (χ1) is 10.0. The van der Waals surface area contributed by atoms with Gasteiger partial charge in [-0.25, -0.2) is 0 Å². The molecule has 0 spiro atoms. The zero-order valence-electron chi connectivity index (χ0n) is 12.1. The summed E-state index contributed by atoms with van der Waals surface area (Å²) in [7, 11) is 0. The number of benzene rings is 2. The van der Waals surface area contributed by atoms with E-state index in [1.54, 1.807) is 6.07 Å². The Morgan fingerprint density at radius 3 is 2.57 bits per heavy atom. The molecule has 4 heteroatoms. The molecule has 0 aliphatic heterocycles. The topological polar surface area (TPSA) is 32.3 Å². The fraction of sp³-hybridized carbons (Fsp3) is 0.294. The van der Waals surface area contributed by atoms with Crippen LogP contribution in [0.4, 0.5) is 0 Å². The van der Waals surface area contributed by atoms with Gasteiger partial charge >= 0.3 is 0 Å². The molecule has 2 atom stereocenters. The molecule has 0 aliphatic carbocycles. The van der Waals surface area contributed by atoms with Gasteiger partial charge in [0, 0.05) is 27.1 Å². The van der Waals surface area contributed by atoms with Crippen LogP contribution in [-0.2, 0) is 0 Å². The number of rotatable bonds is 5. The normalized spacial score (nSPS) is 13.9. The molecule has 0 saturated carbocycles. The number of hydrogen-bond acceptors (Lipinski definition) is 2. The van der Waals surface area contributed by atoms with E-state index >= 15 is 0 Å². The largest absolute Gasteiger partial charge is 0.508 e. The van der Waals surface area contributed by atoms with Crippen LogP contribution in [0.15, 0.2) is 46.9 Å². The Balaban J connectivity index is 2.23. The summed E-state index contributed by atoms with van der Waals surface area (Å²) in [6.45, 7) is 4.18. The van der Waals surface area contributed by atoms with Crippen LogP contribution in [0.3, 0.4) is 0 Å². The van der Waals surface area contributed by atoms with E-state index in [1.807, 2.05) is 36.4 Å². The Morgan fingerprint density at radius 2 is 1.90 bits per heavy atom. The summed E-state index contributed by atoms with van der Waals surface area (Å²) in [6.07, 6.45) is 0.874. The van der Waals surface area contributed by atoms with E-state index in [4.69, 9.17) is 11.6 Å². The van der Waals surface area contributed by atoms with E-state index in [-0.39, 0.29) is 12.1 Å². The van der Waals surface area contributed by atoms with Crippen molar-refractivity contribution in [3.8, 4) is 5.75 Å². The fourth-order valence-electron chi connectivity index (χ4n) is 2.45. The van der Waals surface area contributed by atoms with E-state index in [2.05, 4.69) is 35.1 Å². The molecule has 0 fully saturated rings. The van der Waals surface area contributed by atoms with Crippen molar-refractivity contribution >= 4 is 27.5 Å². The van der Waals surface area contributed by atoms with Crippen molar-refractivity contribution in [3.05, 3.63) is 63.1 Å². The highest BCUT2D eigenvalue weighted by atomic mass is 79.9. The molecule has 0 heterocycles. The minimum absolute atomic E-state index is 0.0637. The number of phenols is 1. The third-order valence-electron chi connectivity index (χ3n) is 3.60. The van der Waals surface area contributed by atoms with Crippen molar-refractivity contribution in [2.75, 3.05) is 0 Å². The van der Waals surface area contributed by atoms with E-state index in [1.165, 1.54) is 0 Å². The monoisotopic (exact) mass is 367 g/mol. The molecule has 2 rings (SSSR count). The molecular weight excluding hydrogens is 350 g/mol. The Kier molecular flexibility index (Phi) is 5.68. The number of hydrogen-bond donors (Lipinski definition) is 2. The summed E-state index contributed by atoms with van der Waals surface area (Å²) in [5.74, 6) is 0.309. The van der Waals surface area contributed by atoms with Gasteiger partial charge in [0.2, 0.25) is 0 Å². The lowest BCUT2D eigenvalue weighted by Gasteiger charge is -2.24. The third-order valence-corrected chi connectivity index (χ3v) is 4.43. The maximum atomic E-state index is 10.1. The molecule has 0 aliphatic rings. The molecule has 112 valence electrons. The second-order valence-electron chi connectivity index (χ2n) is 5.07. The van der Waals surface area contributed by atoms with Crippen LogP contribution in [0, 0.1) is 0 Å². The van der Waals surface area contributed by atoms with Crippen molar-refractivity contribution in [3.63, 3.8) is 0 Å². The summed E-state index contributed by atoms with van der Waals surface area (Å²) < 4.78 is 0.959. The second kappa shape index (κ2) is 7.30. The predicted molar refractivity (Wildman–Crippen MR) is 91.8 cm³/mol. The Labute approximate surface area is 139 Å². The zero-order chi connectivity index (χ0) is 15.4. The number of halogens is 2. The first kappa shape index (κ1) is 16.3. The van der Waals surface area contributed by atoms with Gasteiger partial charge in [0.15, 0.2) is 0 Å². The molecule has 2 nitrogen and oxygen atoms in total. The van der Waals surface area contributed by atoms with E-state index in [0.29, 0.717) is 5.75 Å². The molecule has 0 saturated heterocycles. The minimum atomic E-state index is 0.0637. The molecule has 0 amide bonds. The van der Waals surface area contributed by atoms with Crippen LogP contribution < -0.4 is 5.32 Å². The van der Waals surface area contributed by atoms with Gasteiger partial charge in [-0.15, -0.1) is 0 Å². The summed E-state index contributed by atoms with van der Waals surface area (Å²) in [6, 6.07) is 13.5. The van der Waals surface area contributed by atoms with Crippen LogP contribution in [0.25, 0.3) is 0 Å². The van der Waals surface area contributed by atoms with Crippen molar-refractivity contribution in [2.24, 2.45) is 0 Å². The van der Waals surface area contributed by atoms with Gasteiger partial charge in [-0.3, -0.25) is 0 Å². The summed E-state index contributed by atoms with van der Waals surface area (Å²) in [4.78, 5) is 0. The highest BCUT2D eigenvalue weighted by molar-refractivity contribution is 9.10. The SMILES string of the molecule is CCC(N[C@@H](C)c1ccccc1Cl)c1cc(Br)ccc1O. The number of nitrogens with one attached hydrogen (secondary N) is 1. The van der Waals surface area contributed by atoms with Crippen LogP contribution >= 0.6 is 27.5 Å². The predicted octanol–water partition coefficient (Wildman–Crippen LogP) is 5.61. The number of phenolic OH excluding ortho intramolecular Hbond substituents is 1. The summed E-state index contributed by atoms with van der Waals surface area (Å²) in [5, 5.41) is 14.4. The number of aromatic hydroxyl groups is 1. The Hall–Kier alpha value is -1.03. The van der Waals surface area contributed by atoms with Gasteiger partial charge in [0.25, 0.3) is 0 Å². The summed E-state index contributed by atoms with van der Waals surface area (Å²) in [5.41, 5.74) is 1.96. The van der Waals surface area contributed by atoms with Gasteiger partial charge in [0.05, 0.1) is 0 Å². The van der Waals surface area contributed by atoms with Crippen LogP contribution in [0.5, 0.6) is 5.75 Å². The quantitative estimate of drug-likeness (QED) is 0.719. The molecule has 1 unspecified atom stereocenters. The van der Waals surface area contributed by atoms with E-state index < -0.39 is 0 Å². The molecule has 0 aromatic heterocycles. The van der Waals surface area contributed by atoms with Crippen molar-refractivity contribution in [1.29, 1.82) is 0 Å². The van der Waals surface area contributed by atoms with Crippen molar-refractivity contribution in [1.82, 2.24) is 5.32 Å². The lowest BCUT2D eigenvalue weighted by atomic mass is 10.0. The average Bonchev–Trinajstić information content (AvgIpc) is 2.47. The van der Waals surface area contributed by atoms with Gasteiger partial charge in [-0.05, 0) is 43.2 Å². The van der Waals surface area contributed by atoms with Gasteiger partial charge in [0.1, 0.15) is 5.75 Å². The average molecular weight is 369 g/mol. The van der Waals surface area contributed by atoms with Crippen LogP contribution in [0.1, 0.15) is 43.5 Å². The van der Waals surface area contributed by atoms with Gasteiger partial charge < -0.3 is 10.4 Å². The second-order valence-corrected chi connectivity index (χ2v) is 6.40. The summed E-state index contributed by atoms with van der Waals surface area (Å²) >= 11 is 9.71. The van der Waals surface area contributed by atoms with Crippen LogP contribution in [0.2, 0.25) is 5.02 Å². The van der Waals surface area contributed by atoms with E-state index in [0.717, 1.165) is 27.0 Å². The first-order valence-corrected chi connectivity index (χ1v) is 8.19. The lowest BCUT2D eigenvalue weighted by molar-refractivity contribution is 0.419. The van der Waals surface area contributed by atoms with E-state index in [9.17, 15) is 5.11 Å². The highest BCUT2D eigenvalue weighted by Gasteiger charge is 2.18. The lowest BCUT2D eigenvalue weighted by Crippen LogP contribution is -2.24. The Bertz CT molecular complexity index is 617. The van der Waals surface area contributed by atoms with Crippen LogP contribution in [-0.4, -0.2) is 5.11 Å². The zero-order valence-corrected chi connectivity index (χ0v) is 14.4. The smallest absolute Gasteiger partial charge is 0.120 e. The first-order valence-electron chi connectivity index (χ1n) is 7.01. The standard InChI is InChI=1S/C17H19BrClNO/c1-3-16(14-10-12(18)8-9-17(14)21)20-11(2)13-6-4-5-7-15(13)19/h4-11,16,20-21H,3H2,1-2H3/t11-,16?/m0/s1. The van der Waals surface area contributed by atoms with Crippen molar-refractivity contribution in [2.45, 2.75) is 32.4 Å². The van der Waals surface area contributed by atoms with Gasteiger partial charge in [-0.2, -0.15) is 0 Å². The highest BCUT2D eigenvalue weighted by Crippen LogP contribution is 2.32. The fourth-order valence-corrected chi connectivity index (χ4v) is 3.13. The van der Waals surface area contributed by atoms with Crippen molar-refractivity contribution < 1.29 is 5.11 Å². The molecule has 2 aromatic rings. The molecule has 2 N–H and O–H groups in total. The molecule has 21 heavy (non-hydrogen) atoms. The maximum absolute atomic E-state index is 10.1. The third kappa shape index (κ3) is 4.00. The van der Waals surface area contributed by atoms with Gasteiger partial charge in [-0.1, -0.05) is 52.7 Å². The molecule has 2 aromatic carbocycles. The minimum Gasteiger partial charge on any atom is -0.508 e. The molecular formula is C17H19BrClNO. The molecule has 0 bridgehead atoms. The maximum Gasteiger partial charge on any atom is 0.120 e.